The highest BCUT2D eigenvalue weighted by Gasteiger charge is 2.20. The molecule has 0 bridgehead atoms. The highest BCUT2D eigenvalue weighted by Crippen LogP contribution is 2.29. The highest BCUT2D eigenvalue weighted by molar-refractivity contribution is 5.93. The Labute approximate surface area is 107 Å². The van der Waals surface area contributed by atoms with E-state index in [1.807, 2.05) is 19.9 Å². The number of carbonyl (C=O) groups excluding carboxylic acids is 1. The number of benzene rings is 1. The molecule has 1 unspecified atom stereocenters. The molecule has 98 valence electrons. The van der Waals surface area contributed by atoms with E-state index < -0.39 is 0 Å². The Bertz CT molecular complexity index is 459. The summed E-state index contributed by atoms with van der Waals surface area (Å²) in [6, 6.07) is 3.38. The topological polar surface area (TPSA) is 41.1 Å². The van der Waals surface area contributed by atoms with Crippen LogP contribution in [-0.2, 0) is 11.2 Å². The number of amides is 1. The number of halogens is 1. The van der Waals surface area contributed by atoms with Crippen LogP contribution in [0.4, 0.5) is 10.1 Å². The highest BCUT2D eigenvalue weighted by atomic mass is 19.1. The molecule has 0 spiro atoms. The first-order chi connectivity index (χ1) is 8.65. The fourth-order valence-corrected chi connectivity index (χ4v) is 2.41. The molecule has 1 aliphatic heterocycles. The molecule has 1 heterocycles. The van der Waals surface area contributed by atoms with Gasteiger partial charge in [-0.3, -0.25) is 4.79 Å². The third-order valence-electron chi connectivity index (χ3n) is 3.35. The van der Waals surface area contributed by atoms with Gasteiger partial charge in [0.1, 0.15) is 5.82 Å². The third kappa shape index (κ3) is 2.53. The van der Waals surface area contributed by atoms with E-state index in [1.54, 1.807) is 0 Å². The van der Waals surface area contributed by atoms with Crippen LogP contribution in [0.2, 0.25) is 0 Å². The fraction of sp³-hybridized carbons (Fsp3) is 0.500. The lowest BCUT2D eigenvalue weighted by molar-refractivity contribution is -0.116. The van der Waals surface area contributed by atoms with Gasteiger partial charge in [0.25, 0.3) is 0 Å². The normalized spacial score (nSPS) is 16.1. The first-order valence-electron chi connectivity index (χ1n) is 6.51. The fourth-order valence-electron chi connectivity index (χ4n) is 2.41. The Balaban J connectivity index is 2.35. The van der Waals surface area contributed by atoms with Gasteiger partial charge in [0.2, 0.25) is 5.91 Å². The maximum atomic E-state index is 14.1. The summed E-state index contributed by atoms with van der Waals surface area (Å²) in [6.45, 7) is 4.86. The van der Waals surface area contributed by atoms with Crippen molar-refractivity contribution in [1.82, 2.24) is 5.32 Å². The quantitative estimate of drug-likeness (QED) is 0.862. The summed E-state index contributed by atoms with van der Waals surface area (Å²) >= 11 is 0. The van der Waals surface area contributed by atoms with Crippen LogP contribution < -0.4 is 10.6 Å². The molecule has 1 aromatic rings. The molecule has 1 atom stereocenters. The van der Waals surface area contributed by atoms with Crippen LogP contribution in [0.25, 0.3) is 0 Å². The molecular formula is C14H19FN2O. The summed E-state index contributed by atoms with van der Waals surface area (Å²) in [7, 11) is 0. The Kier molecular flexibility index (Phi) is 3.97. The molecule has 0 fully saturated rings. The van der Waals surface area contributed by atoms with E-state index in [0.29, 0.717) is 24.1 Å². The molecule has 1 amide bonds. The summed E-state index contributed by atoms with van der Waals surface area (Å²) in [5.74, 6) is -0.280. The molecule has 0 saturated heterocycles. The van der Waals surface area contributed by atoms with Crippen molar-refractivity contribution in [1.29, 1.82) is 0 Å². The average molecular weight is 250 g/mol. The molecule has 2 rings (SSSR count). The molecule has 1 aromatic carbocycles. The van der Waals surface area contributed by atoms with E-state index in [-0.39, 0.29) is 17.8 Å². The van der Waals surface area contributed by atoms with Crippen molar-refractivity contribution < 1.29 is 9.18 Å². The standard InChI is InChI=1S/C14H19FN2O/c1-3-12(16-4-2)10-7-9-5-6-14(18)17-13(9)8-11(10)15/h7-8,12,16H,3-6H2,1-2H3,(H,17,18). The zero-order valence-electron chi connectivity index (χ0n) is 10.8. The van der Waals surface area contributed by atoms with Gasteiger partial charge in [-0.1, -0.05) is 13.8 Å². The predicted octanol–water partition coefficient (Wildman–Crippen LogP) is 2.77. The van der Waals surface area contributed by atoms with Gasteiger partial charge in [-0.2, -0.15) is 0 Å². The number of anilines is 1. The molecule has 2 N–H and O–H groups in total. The van der Waals surface area contributed by atoms with E-state index in [2.05, 4.69) is 10.6 Å². The maximum Gasteiger partial charge on any atom is 0.224 e. The molecule has 1 aliphatic rings. The van der Waals surface area contributed by atoms with E-state index >= 15 is 0 Å². The van der Waals surface area contributed by atoms with Crippen molar-refractivity contribution in [3.63, 3.8) is 0 Å². The first-order valence-corrected chi connectivity index (χ1v) is 6.51. The van der Waals surface area contributed by atoms with Gasteiger partial charge in [-0.15, -0.1) is 0 Å². The summed E-state index contributed by atoms with van der Waals surface area (Å²) < 4.78 is 14.1. The van der Waals surface area contributed by atoms with Crippen LogP contribution in [0.1, 0.15) is 43.9 Å². The van der Waals surface area contributed by atoms with Crippen molar-refractivity contribution in [2.45, 2.75) is 39.2 Å². The SMILES string of the molecule is CCNC(CC)c1cc2c(cc1F)NC(=O)CC2. The number of rotatable bonds is 4. The zero-order chi connectivity index (χ0) is 13.1. The average Bonchev–Trinajstić information content (AvgIpc) is 2.35. The van der Waals surface area contributed by atoms with Crippen molar-refractivity contribution in [3.05, 3.63) is 29.1 Å². The number of nitrogens with one attached hydrogen (secondary N) is 2. The van der Waals surface area contributed by atoms with Crippen LogP contribution >= 0.6 is 0 Å². The molecule has 0 aliphatic carbocycles. The lowest BCUT2D eigenvalue weighted by Crippen LogP contribution is -2.23. The van der Waals surface area contributed by atoms with Gasteiger partial charge in [0.05, 0.1) is 0 Å². The van der Waals surface area contributed by atoms with Gasteiger partial charge in [0, 0.05) is 23.7 Å². The largest absolute Gasteiger partial charge is 0.326 e. The zero-order valence-corrected chi connectivity index (χ0v) is 10.8. The second-order valence-electron chi connectivity index (χ2n) is 4.60. The number of hydrogen-bond donors (Lipinski definition) is 2. The second-order valence-corrected chi connectivity index (χ2v) is 4.60. The summed E-state index contributed by atoms with van der Waals surface area (Å²) in [5.41, 5.74) is 2.36. The number of aryl methyl sites for hydroxylation is 1. The van der Waals surface area contributed by atoms with Crippen molar-refractivity contribution in [2.75, 3.05) is 11.9 Å². The van der Waals surface area contributed by atoms with Gasteiger partial charge in [-0.25, -0.2) is 4.39 Å². The van der Waals surface area contributed by atoms with Crippen LogP contribution in [-0.4, -0.2) is 12.5 Å². The van der Waals surface area contributed by atoms with E-state index in [4.69, 9.17) is 0 Å². The van der Waals surface area contributed by atoms with Gasteiger partial charge >= 0.3 is 0 Å². The smallest absolute Gasteiger partial charge is 0.224 e. The maximum absolute atomic E-state index is 14.1. The Hall–Kier alpha value is -1.42. The lowest BCUT2D eigenvalue weighted by Gasteiger charge is -2.22. The molecule has 18 heavy (non-hydrogen) atoms. The minimum Gasteiger partial charge on any atom is -0.326 e. The lowest BCUT2D eigenvalue weighted by atomic mass is 9.95. The third-order valence-corrected chi connectivity index (χ3v) is 3.35. The number of carbonyl (C=O) groups is 1. The molecule has 0 saturated carbocycles. The van der Waals surface area contributed by atoms with Gasteiger partial charge < -0.3 is 10.6 Å². The van der Waals surface area contributed by atoms with Crippen LogP contribution in [0.5, 0.6) is 0 Å². The Morgan fingerprint density at radius 3 is 2.83 bits per heavy atom. The van der Waals surface area contributed by atoms with Crippen molar-refractivity contribution in [2.24, 2.45) is 0 Å². The van der Waals surface area contributed by atoms with Crippen LogP contribution in [0.15, 0.2) is 12.1 Å². The molecule has 0 radical (unpaired) electrons. The first kappa shape index (κ1) is 13.0. The van der Waals surface area contributed by atoms with Gasteiger partial charge in [-0.05, 0) is 37.1 Å². The molecule has 3 nitrogen and oxygen atoms in total. The molecular weight excluding hydrogens is 231 g/mol. The van der Waals surface area contributed by atoms with Crippen LogP contribution in [0, 0.1) is 5.82 Å². The monoisotopic (exact) mass is 250 g/mol. The number of fused-ring (bicyclic) bond motifs is 1. The minimum atomic E-state index is -0.247. The minimum absolute atomic E-state index is 0.0339. The van der Waals surface area contributed by atoms with E-state index in [0.717, 1.165) is 18.5 Å². The second kappa shape index (κ2) is 5.48. The van der Waals surface area contributed by atoms with Crippen LogP contribution in [0.3, 0.4) is 0 Å². The summed E-state index contributed by atoms with van der Waals surface area (Å²) in [4.78, 5) is 11.3. The molecule has 4 heteroatoms. The molecule has 0 aromatic heterocycles. The van der Waals surface area contributed by atoms with Gasteiger partial charge in [0.15, 0.2) is 0 Å². The van der Waals surface area contributed by atoms with Crippen molar-refractivity contribution >= 4 is 11.6 Å². The number of hydrogen-bond acceptors (Lipinski definition) is 2. The Morgan fingerprint density at radius 2 is 2.17 bits per heavy atom. The summed E-state index contributed by atoms with van der Waals surface area (Å²) in [6.07, 6.45) is 2.02. The van der Waals surface area contributed by atoms with E-state index in [1.165, 1.54) is 6.07 Å². The summed E-state index contributed by atoms with van der Waals surface area (Å²) in [5, 5.41) is 6.00. The predicted molar refractivity (Wildman–Crippen MR) is 70.1 cm³/mol. The van der Waals surface area contributed by atoms with Crippen molar-refractivity contribution in [3.8, 4) is 0 Å². The van der Waals surface area contributed by atoms with E-state index in [9.17, 15) is 9.18 Å². The Morgan fingerprint density at radius 1 is 1.39 bits per heavy atom.